The van der Waals surface area contributed by atoms with Gasteiger partial charge in [0.1, 0.15) is 0 Å². The first kappa shape index (κ1) is 13.0. The molecule has 0 radical (unpaired) electrons. The van der Waals surface area contributed by atoms with Crippen molar-refractivity contribution < 1.29 is 17.9 Å². The van der Waals surface area contributed by atoms with E-state index in [1.807, 2.05) is 6.92 Å². The van der Waals surface area contributed by atoms with Crippen LogP contribution in [0.15, 0.2) is 29.2 Å². The van der Waals surface area contributed by atoms with Gasteiger partial charge in [-0.15, -0.1) is 0 Å². The number of sulfonamides is 1. The minimum Gasteiger partial charge on any atom is -0.379 e. The molecule has 1 amide bonds. The average Bonchev–Trinajstić information content (AvgIpc) is 2.25. The molecule has 18 heavy (non-hydrogen) atoms. The predicted molar refractivity (Wildman–Crippen MR) is 65.4 cm³/mol. The number of nitrogens with one attached hydrogen (secondary N) is 1. The van der Waals surface area contributed by atoms with Crippen molar-refractivity contribution in [2.75, 3.05) is 18.5 Å². The standard InChI is InChI=1S/C11H14N2O4S/c1-11(6-17-7-11)10(14)13-8-2-4-9(5-3-8)18(12,15)16/h2-5H,6-7H2,1H3,(H,13,14)(H2,12,15,16). The van der Waals surface area contributed by atoms with Gasteiger partial charge in [-0.1, -0.05) is 0 Å². The zero-order valence-corrected chi connectivity index (χ0v) is 10.7. The maximum absolute atomic E-state index is 11.9. The van der Waals surface area contributed by atoms with E-state index in [0.29, 0.717) is 18.9 Å². The summed E-state index contributed by atoms with van der Waals surface area (Å²) in [5, 5.41) is 7.68. The van der Waals surface area contributed by atoms with Crippen LogP contribution in [0.3, 0.4) is 0 Å². The van der Waals surface area contributed by atoms with E-state index in [-0.39, 0.29) is 10.8 Å². The summed E-state index contributed by atoms with van der Waals surface area (Å²) >= 11 is 0. The molecular weight excluding hydrogens is 256 g/mol. The minimum atomic E-state index is -3.70. The highest BCUT2D eigenvalue weighted by Crippen LogP contribution is 2.28. The Morgan fingerprint density at radius 3 is 2.28 bits per heavy atom. The van der Waals surface area contributed by atoms with Crippen LogP contribution < -0.4 is 10.5 Å². The molecule has 98 valence electrons. The van der Waals surface area contributed by atoms with Crippen molar-refractivity contribution >= 4 is 21.6 Å². The Bertz CT molecular complexity index is 561. The lowest BCUT2D eigenvalue weighted by atomic mass is 9.87. The van der Waals surface area contributed by atoms with Gasteiger partial charge in [0.25, 0.3) is 0 Å². The van der Waals surface area contributed by atoms with E-state index in [0.717, 1.165) is 0 Å². The van der Waals surface area contributed by atoms with Crippen LogP contribution in [0.2, 0.25) is 0 Å². The van der Waals surface area contributed by atoms with E-state index in [1.54, 1.807) is 0 Å². The molecule has 1 saturated heterocycles. The van der Waals surface area contributed by atoms with Gasteiger partial charge in [-0.2, -0.15) is 0 Å². The summed E-state index contributed by atoms with van der Waals surface area (Å²) in [7, 11) is -3.70. The SMILES string of the molecule is CC1(C(=O)Nc2ccc(S(N)(=O)=O)cc2)COC1. The molecule has 1 aromatic rings. The largest absolute Gasteiger partial charge is 0.379 e. The average molecular weight is 270 g/mol. The summed E-state index contributed by atoms with van der Waals surface area (Å²) < 4.78 is 27.1. The van der Waals surface area contributed by atoms with E-state index in [9.17, 15) is 13.2 Å². The molecule has 7 heteroatoms. The smallest absolute Gasteiger partial charge is 0.238 e. The Kier molecular flexibility index (Phi) is 3.14. The Morgan fingerprint density at radius 2 is 1.89 bits per heavy atom. The van der Waals surface area contributed by atoms with E-state index in [1.165, 1.54) is 24.3 Å². The van der Waals surface area contributed by atoms with Crippen LogP contribution in [0.25, 0.3) is 0 Å². The molecule has 1 aromatic carbocycles. The number of primary sulfonamides is 1. The summed E-state index contributed by atoms with van der Waals surface area (Å²) in [6.07, 6.45) is 0. The first-order valence-electron chi connectivity index (χ1n) is 5.33. The number of benzene rings is 1. The first-order valence-corrected chi connectivity index (χ1v) is 6.88. The number of carbonyl (C=O) groups excluding carboxylic acids is 1. The molecule has 0 aromatic heterocycles. The van der Waals surface area contributed by atoms with E-state index < -0.39 is 15.4 Å². The molecule has 0 saturated carbocycles. The highest BCUT2D eigenvalue weighted by atomic mass is 32.2. The van der Waals surface area contributed by atoms with Gasteiger partial charge in [0, 0.05) is 5.69 Å². The molecule has 1 heterocycles. The molecule has 1 aliphatic rings. The molecule has 2 rings (SSSR count). The Balaban J connectivity index is 2.09. The number of rotatable bonds is 3. The predicted octanol–water partition coefficient (Wildman–Crippen LogP) is 0.309. The molecule has 0 atom stereocenters. The summed E-state index contributed by atoms with van der Waals surface area (Å²) in [6.45, 7) is 2.60. The van der Waals surface area contributed by atoms with Gasteiger partial charge in [-0.05, 0) is 31.2 Å². The lowest BCUT2D eigenvalue weighted by Crippen LogP contribution is -2.49. The second-order valence-corrected chi connectivity index (χ2v) is 6.14. The number of carbonyl (C=O) groups is 1. The van der Waals surface area contributed by atoms with E-state index >= 15 is 0 Å². The Labute approximate surface area is 105 Å². The molecule has 1 fully saturated rings. The number of ether oxygens (including phenoxy) is 1. The quantitative estimate of drug-likeness (QED) is 0.825. The van der Waals surface area contributed by atoms with Gasteiger partial charge in [0.05, 0.1) is 23.5 Å². The minimum absolute atomic E-state index is 0.0127. The molecule has 0 bridgehead atoms. The van der Waals surface area contributed by atoms with Crippen molar-refractivity contribution in [3.63, 3.8) is 0 Å². The maximum Gasteiger partial charge on any atom is 0.238 e. The second-order valence-electron chi connectivity index (χ2n) is 4.58. The van der Waals surface area contributed by atoms with Gasteiger partial charge in [-0.3, -0.25) is 4.79 Å². The lowest BCUT2D eigenvalue weighted by molar-refractivity contribution is -0.151. The number of hydrogen-bond acceptors (Lipinski definition) is 4. The van der Waals surface area contributed by atoms with Crippen LogP contribution in [-0.2, 0) is 19.6 Å². The van der Waals surface area contributed by atoms with Crippen molar-refractivity contribution in [1.82, 2.24) is 0 Å². The van der Waals surface area contributed by atoms with E-state index in [4.69, 9.17) is 9.88 Å². The lowest BCUT2D eigenvalue weighted by Gasteiger charge is -2.36. The van der Waals surface area contributed by atoms with Crippen LogP contribution in [0.4, 0.5) is 5.69 Å². The van der Waals surface area contributed by atoms with Crippen molar-refractivity contribution in [3.05, 3.63) is 24.3 Å². The van der Waals surface area contributed by atoms with Crippen molar-refractivity contribution in [2.24, 2.45) is 10.6 Å². The summed E-state index contributed by atoms with van der Waals surface area (Å²) in [5.41, 5.74) is 0.0269. The monoisotopic (exact) mass is 270 g/mol. The number of anilines is 1. The van der Waals surface area contributed by atoms with Crippen molar-refractivity contribution in [2.45, 2.75) is 11.8 Å². The Morgan fingerprint density at radius 1 is 1.33 bits per heavy atom. The van der Waals surface area contributed by atoms with Gasteiger partial charge in [0.15, 0.2) is 0 Å². The van der Waals surface area contributed by atoms with Crippen LogP contribution in [0.5, 0.6) is 0 Å². The van der Waals surface area contributed by atoms with Gasteiger partial charge >= 0.3 is 0 Å². The van der Waals surface area contributed by atoms with Crippen molar-refractivity contribution in [3.8, 4) is 0 Å². The molecule has 3 N–H and O–H groups in total. The van der Waals surface area contributed by atoms with Crippen LogP contribution in [-0.4, -0.2) is 27.5 Å². The summed E-state index contributed by atoms with van der Waals surface area (Å²) in [4.78, 5) is 11.9. The highest BCUT2D eigenvalue weighted by Gasteiger charge is 2.41. The fraction of sp³-hybridized carbons (Fsp3) is 0.364. The number of nitrogens with two attached hydrogens (primary N) is 1. The molecule has 0 aliphatic carbocycles. The maximum atomic E-state index is 11.9. The van der Waals surface area contributed by atoms with Crippen molar-refractivity contribution in [1.29, 1.82) is 0 Å². The third-order valence-corrected chi connectivity index (χ3v) is 3.76. The number of amides is 1. The van der Waals surface area contributed by atoms with Crippen LogP contribution in [0, 0.1) is 5.41 Å². The zero-order valence-electron chi connectivity index (χ0n) is 9.84. The first-order chi connectivity index (χ1) is 8.31. The topological polar surface area (TPSA) is 98.5 Å². The molecule has 0 unspecified atom stereocenters. The normalized spacial score (nSPS) is 17.9. The molecule has 1 aliphatic heterocycles. The third-order valence-electron chi connectivity index (χ3n) is 2.83. The molecular formula is C11H14N2O4S. The fourth-order valence-corrected chi connectivity index (χ4v) is 2.06. The fourth-order valence-electron chi connectivity index (χ4n) is 1.55. The molecule has 0 spiro atoms. The van der Waals surface area contributed by atoms with Crippen LogP contribution >= 0.6 is 0 Å². The summed E-state index contributed by atoms with van der Waals surface area (Å²) in [6, 6.07) is 5.70. The van der Waals surface area contributed by atoms with Gasteiger partial charge < -0.3 is 10.1 Å². The summed E-state index contributed by atoms with van der Waals surface area (Å²) in [5.74, 6) is -0.142. The number of hydrogen-bond donors (Lipinski definition) is 2. The second kappa shape index (κ2) is 4.34. The third kappa shape index (κ3) is 2.53. The van der Waals surface area contributed by atoms with Gasteiger partial charge in [0.2, 0.25) is 15.9 Å². The van der Waals surface area contributed by atoms with Gasteiger partial charge in [-0.25, -0.2) is 13.6 Å². The highest BCUT2D eigenvalue weighted by molar-refractivity contribution is 7.89. The Hall–Kier alpha value is -1.44. The zero-order chi connectivity index (χ0) is 13.4. The molecule has 6 nitrogen and oxygen atoms in total. The van der Waals surface area contributed by atoms with E-state index in [2.05, 4.69) is 5.32 Å². The van der Waals surface area contributed by atoms with Crippen LogP contribution in [0.1, 0.15) is 6.92 Å².